The van der Waals surface area contributed by atoms with Crippen molar-refractivity contribution in [2.24, 2.45) is 0 Å². The summed E-state index contributed by atoms with van der Waals surface area (Å²) in [5, 5.41) is 0. The van der Waals surface area contributed by atoms with E-state index in [1.807, 2.05) is 13.0 Å². The van der Waals surface area contributed by atoms with E-state index in [0.717, 1.165) is 15.6 Å². The van der Waals surface area contributed by atoms with Crippen LogP contribution < -0.4 is 0 Å². The smallest absolute Gasteiger partial charge is 0.123 e. The molecule has 2 aromatic rings. The summed E-state index contributed by atoms with van der Waals surface area (Å²) in [5.41, 5.74) is 2.08. The fraction of sp³-hybridized carbons (Fsp3) is 0.231. The van der Waals surface area contributed by atoms with Crippen molar-refractivity contribution < 1.29 is 4.39 Å². The van der Waals surface area contributed by atoms with E-state index in [1.165, 1.54) is 15.8 Å². The number of alkyl halides is 1. The highest BCUT2D eigenvalue weighted by Gasteiger charge is 2.16. The van der Waals surface area contributed by atoms with Crippen LogP contribution in [0.5, 0.6) is 0 Å². The van der Waals surface area contributed by atoms with Crippen LogP contribution in [0.2, 0.25) is 0 Å². The van der Waals surface area contributed by atoms with Gasteiger partial charge in [0.2, 0.25) is 0 Å². The zero-order valence-electron chi connectivity index (χ0n) is 9.43. The van der Waals surface area contributed by atoms with E-state index < -0.39 is 0 Å². The summed E-state index contributed by atoms with van der Waals surface area (Å²) in [5.74, 6) is -0.186. The SMILES string of the molecule is Cc1cc(F)ccc1C(Br)c1cc(Br)c(C)s1. The summed E-state index contributed by atoms with van der Waals surface area (Å²) in [4.78, 5) is 2.60. The first-order chi connectivity index (χ1) is 7.99. The summed E-state index contributed by atoms with van der Waals surface area (Å²) in [6.45, 7) is 4.01. The van der Waals surface area contributed by atoms with Crippen molar-refractivity contribution in [3.63, 3.8) is 0 Å². The van der Waals surface area contributed by atoms with Gasteiger partial charge < -0.3 is 0 Å². The average molecular weight is 378 g/mol. The van der Waals surface area contributed by atoms with E-state index >= 15 is 0 Å². The van der Waals surface area contributed by atoms with Gasteiger partial charge >= 0.3 is 0 Å². The van der Waals surface area contributed by atoms with Gasteiger partial charge in [0, 0.05) is 14.2 Å². The molecule has 0 N–H and O–H groups in total. The van der Waals surface area contributed by atoms with Gasteiger partial charge in [-0.05, 0) is 59.1 Å². The third-order valence-corrected chi connectivity index (χ3v) is 6.12. The maximum Gasteiger partial charge on any atom is 0.123 e. The molecule has 1 unspecified atom stereocenters. The van der Waals surface area contributed by atoms with Crippen molar-refractivity contribution in [1.29, 1.82) is 0 Å². The molecule has 0 amide bonds. The fourth-order valence-corrected chi connectivity index (χ4v) is 4.17. The van der Waals surface area contributed by atoms with Gasteiger partial charge in [-0.1, -0.05) is 22.0 Å². The van der Waals surface area contributed by atoms with E-state index in [4.69, 9.17) is 0 Å². The summed E-state index contributed by atoms with van der Waals surface area (Å²) in [7, 11) is 0. The molecule has 0 aliphatic heterocycles. The van der Waals surface area contributed by atoms with Crippen molar-refractivity contribution in [2.45, 2.75) is 18.7 Å². The Labute approximate surface area is 121 Å². The molecule has 0 bridgehead atoms. The van der Waals surface area contributed by atoms with Crippen LogP contribution in [-0.2, 0) is 0 Å². The molecule has 1 heterocycles. The Kier molecular flexibility index (Phi) is 4.06. The lowest BCUT2D eigenvalue weighted by atomic mass is 10.0. The minimum atomic E-state index is -0.186. The summed E-state index contributed by atoms with van der Waals surface area (Å²) < 4.78 is 14.2. The molecule has 0 aliphatic rings. The normalized spacial score (nSPS) is 12.8. The first-order valence-corrected chi connectivity index (χ1v) is 7.67. The highest BCUT2D eigenvalue weighted by atomic mass is 79.9. The van der Waals surface area contributed by atoms with Crippen LogP contribution in [0.1, 0.15) is 25.7 Å². The third kappa shape index (κ3) is 2.80. The van der Waals surface area contributed by atoms with Crippen LogP contribution in [0.15, 0.2) is 28.7 Å². The van der Waals surface area contributed by atoms with E-state index in [9.17, 15) is 4.39 Å². The molecule has 0 spiro atoms. The summed E-state index contributed by atoms with van der Waals surface area (Å²) in [6.07, 6.45) is 0. The number of thiophene rings is 1. The first-order valence-electron chi connectivity index (χ1n) is 5.15. The Morgan fingerprint density at radius 3 is 2.47 bits per heavy atom. The van der Waals surface area contributed by atoms with Crippen molar-refractivity contribution >= 4 is 43.2 Å². The fourth-order valence-electron chi connectivity index (χ4n) is 1.68. The van der Waals surface area contributed by atoms with E-state index in [-0.39, 0.29) is 10.6 Å². The molecule has 0 aliphatic carbocycles. The minimum absolute atomic E-state index is 0.123. The number of halogens is 3. The molecule has 1 aromatic carbocycles. The second kappa shape index (κ2) is 5.21. The molecule has 17 heavy (non-hydrogen) atoms. The molecule has 1 aromatic heterocycles. The number of benzene rings is 1. The predicted molar refractivity (Wildman–Crippen MR) is 78.7 cm³/mol. The van der Waals surface area contributed by atoms with Gasteiger partial charge in [-0.3, -0.25) is 0 Å². The number of aryl methyl sites for hydroxylation is 2. The number of hydrogen-bond donors (Lipinski definition) is 0. The third-order valence-electron chi connectivity index (χ3n) is 2.63. The monoisotopic (exact) mass is 376 g/mol. The predicted octanol–water partition coefficient (Wildman–Crippen LogP) is 5.75. The van der Waals surface area contributed by atoms with Crippen LogP contribution >= 0.6 is 43.2 Å². The van der Waals surface area contributed by atoms with E-state index in [0.29, 0.717) is 0 Å². The molecule has 0 fully saturated rings. The van der Waals surface area contributed by atoms with Gasteiger partial charge in [-0.2, -0.15) is 0 Å². The zero-order chi connectivity index (χ0) is 12.6. The Bertz CT molecular complexity index is 529. The van der Waals surface area contributed by atoms with Crippen LogP contribution in [0, 0.1) is 19.7 Å². The highest BCUT2D eigenvalue weighted by molar-refractivity contribution is 9.10. The molecule has 90 valence electrons. The van der Waals surface area contributed by atoms with Crippen molar-refractivity contribution in [1.82, 2.24) is 0 Å². The van der Waals surface area contributed by atoms with Gasteiger partial charge in [0.1, 0.15) is 5.82 Å². The maximum absolute atomic E-state index is 13.1. The molecule has 2 rings (SSSR count). The Morgan fingerprint density at radius 1 is 1.24 bits per heavy atom. The van der Waals surface area contributed by atoms with E-state index in [2.05, 4.69) is 44.8 Å². The van der Waals surface area contributed by atoms with Gasteiger partial charge in [0.15, 0.2) is 0 Å². The molecular formula is C13H11Br2FS. The van der Waals surface area contributed by atoms with Crippen LogP contribution in [-0.4, -0.2) is 0 Å². The quantitative estimate of drug-likeness (QED) is 0.584. The van der Waals surface area contributed by atoms with Crippen molar-refractivity contribution in [3.8, 4) is 0 Å². The average Bonchev–Trinajstić information content (AvgIpc) is 2.58. The summed E-state index contributed by atoms with van der Waals surface area (Å²) >= 11 is 8.94. The lowest BCUT2D eigenvalue weighted by Gasteiger charge is -2.11. The Morgan fingerprint density at radius 2 is 1.94 bits per heavy atom. The van der Waals surface area contributed by atoms with Gasteiger partial charge in [-0.25, -0.2) is 4.39 Å². The number of rotatable bonds is 2. The minimum Gasteiger partial charge on any atom is -0.207 e. The zero-order valence-corrected chi connectivity index (χ0v) is 13.4. The highest BCUT2D eigenvalue weighted by Crippen LogP contribution is 2.39. The molecule has 0 radical (unpaired) electrons. The Hall–Kier alpha value is -0.190. The molecular weight excluding hydrogens is 367 g/mol. The second-order valence-corrected chi connectivity index (χ2v) is 6.97. The molecule has 0 saturated carbocycles. The number of hydrogen-bond acceptors (Lipinski definition) is 1. The van der Waals surface area contributed by atoms with Crippen molar-refractivity contribution in [2.75, 3.05) is 0 Å². The van der Waals surface area contributed by atoms with Crippen LogP contribution in [0.25, 0.3) is 0 Å². The standard InChI is InChI=1S/C13H11Br2FS/c1-7-5-9(16)3-4-10(7)13(15)12-6-11(14)8(2)17-12/h3-6,13H,1-2H3. The lowest BCUT2D eigenvalue weighted by molar-refractivity contribution is 0.626. The van der Waals surface area contributed by atoms with Gasteiger partial charge in [0.05, 0.1) is 4.83 Å². The van der Waals surface area contributed by atoms with Crippen LogP contribution in [0.3, 0.4) is 0 Å². The molecule has 0 nitrogen and oxygen atoms in total. The van der Waals surface area contributed by atoms with Gasteiger partial charge in [-0.15, -0.1) is 11.3 Å². The topological polar surface area (TPSA) is 0 Å². The summed E-state index contributed by atoms with van der Waals surface area (Å²) in [6, 6.07) is 7.03. The van der Waals surface area contributed by atoms with Crippen molar-refractivity contribution in [3.05, 3.63) is 55.4 Å². The maximum atomic E-state index is 13.1. The van der Waals surface area contributed by atoms with Crippen LogP contribution in [0.4, 0.5) is 4.39 Å². The largest absolute Gasteiger partial charge is 0.207 e. The second-order valence-electron chi connectivity index (χ2n) is 3.92. The lowest BCUT2D eigenvalue weighted by Crippen LogP contribution is -1.94. The molecule has 4 heteroatoms. The Balaban J connectivity index is 2.39. The molecule has 0 saturated heterocycles. The molecule has 1 atom stereocenters. The van der Waals surface area contributed by atoms with E-state index in [1.54, 1.807) is 17.4 Å². The van der Waals surface area contributed by atoms with Gasteiger partial charge in [0.25, 0.3) is 0 Å². The first kappa shape index (κ1) is 13.2.